The van der Waals surface area contributed by atoms with E-state index in [0.717, 1.165) is 6.21 Å². The van der Waals surface area contributed by atoms with E-state index in [0.29, 0.717) is 0 Å². The lowest BCUT2D eigenvalue weighted by molar-refractivity contribution is -0.122. The standard InChI is InChI=1S/C10H18N2O3S/c1-9(2,3)16(14,15)7-10(4,5)8(13)6-12-11/h6H,7H2,1-5H3. The van der Waals surface area contributed by atoms with Gasteiger partial charge < -0.3 is 5.53 Å². The summed E-state index contributed by atoms with van der Waals surface area (Å²) >= 11 is 0. The van der Waals surface area contributed by atoms with E-state index in [-0.39, 0.29) is 5.75 Å². The van der Waals surface area contributed by atoms with Crippen LogP contribution in [0.1, 0.15) is 34.6 Å². The van der Waals surface area contributed by atoms with Gasteiger partial charge in [-0.15, -0.1) is 0 Å². The third-order valence-corrected chi connectivity index (χ3v) is 5.29. The Labute approximate surface area is 96.4 Å². The number of ketones is 1. The second-order valence-electron chi connectivity index (χ2n) is 5.36. The molecule has 0 aliphatic carbocycles. The smallest absolute Gasteiger partial charge is 0.323 e. The van der Waals surface area contributed by atoms with E-state index in [4.69, 9.17) is 5.53 Å². The molecule has 0 spiro atoms. The van der Waals surface area contributed by atoms with Crippen LogP contribution in [0.15, 0.2) is 0 Å². The van der Waals surface area contributed by atoms with Gasteiger partial charge >= 0.3 is 6.21 Å². The summed E-state index contributed by atoms with van der Waals surface area (Å²) in [5.74, 6) is -0.781. The van der Waals surface area contributed by atoms with Crippen LogP contribution in [-0.2, 0) is 14.6 Å². The average molecular weight is 246 g/mol. The van der Waals surface area contributed by atoms with E-state index >= 15 is 0 Å². The van der Waals surface area contributed by atoms with Crippen molar-refractivity contribution in [2.75, 3.05) is 5.75 Å². The molecule has 0 aromatic carbocycles. The fraction of sp³-hybridized carbons (Fsp3) is 0.800. The van der Waals surface area contributed by atoms with Crippen LogP contribution < -0.4 is 0 Å². The number of hydrogen-bond donors (Lipinski definition) is 0. The molecule has 0 aliphatic rings. The Hall–Kier alpha value is -1.00. The van der Waals surface area contributed by atoms with Gasteiger partial charge in [-0.25, -0.2) is 8.42 Å². The van der Waals surface area contributed by atoms with Gasteiger partial charge in [-0.05, 0) is 20.8 Å². The summed E-state index contributed by atoms with van der Waals surface area (Å²) < 4.78 is 22.9. The molecular formula is C10H18N2O3S. The number of carbonyl (C=O) groups is 1. The molecule has 16 heavy (non-hydrogen) atoms. The molecule has 0 bridgehead atoms. The quantitative estimate of drug-likeness (QED) is 0.422. The first-order chi connectivity index (χ1) is 6.94. The number of sulfone groups is 1. The molecule has 6 heteroatoms. The van der Waals surface area contributed by atoms with Gasteiger partial charge in [0.05, 0.1) is 10.5 Å². The monoisotopic (exact) mass is 246 g/mol. The molecule has 0 N–H and O–H groups in total. The maximum atomic E-state index is 11.9. The third-order valence-electron chi connectivity index (χ3n) is 2.33. The summed E-state index contributed by atoms with van der Waals surface area (Å²) in [6.07, 6.45) is 0.734. The number of rotatable bonds is 4. The Bertz CT molecular complexity index is 423. The number of Topliss-reactive ketones (excluding diaryl/α,β-unsaturated/α-hetero) is 1. The first kappa shape index (κ1) is 15.0. The maximum Gasteiger partial charge on any atom is 0.323 e. The molecule has 0 unspecified atom stereocenters. The van der Waals surface area contributed by atoms with E-state index in [9.17, 15) is 13.2 Å². The van der Waals surface area contributed by atoms with Gasteiger partial charge in [0.15, 0.2) is 9.84 Å². The van der Waals surface area contributed by atoms with Crippen LogP contribution >= 0.6 is 0 Å². The third kappa shape index (κ3) is 3.54. The summed E-state index contributed by atoms with van der Waals surface area (Å²) in [7, 11) is -3.38. The van der Waals surface area contributed by atoms with Crippen molar-refractivity contribution in [3.8, 4) is 0 Å². The van der Waals surface area contributed by atoms with E-state index in [1.54, 1.807) is 20.8 Å². The van der Waals surface area contributed by atoms with Crippen LogP contribution in [0.5, 0.6) is 0 Å². The normalized spacial score (nSPS) is 13.1. The Balaban J connectivity index is 5.14. The minimum Gasteiger partial charge on any atom is -0.361 e. The molecule has 0 rings (SSSR count). The Morgan fingerprint density at radius 3 is 2.00 bits per heavy atom. The van der Waals surface area contributed by atoms with Crippen molar-refractivity contribution in [3.63, 3.8) is 0 Å². The number of hydrogen-bond acceptors (Lipinski definition) is 3. The molecule has 0 aromatic heterocycles. The second kappa shape index (κ2) is 4.47. The van der Waals surface area contributed by atoms with Crippen LogP contribution in [-0.4, -0.2) is 35.7 Å². The molecule has 0 atom stereocenters. The molecule has 0 saturated heterocycles. The van der Waals surface area contributed by atoms with Crippen molar-refractivity contribution >= 4 is 21.8 Å². The summed E-state index contributed by atoms with van der Waals surface area (Å²) in [5.41, 5.74) is 7.17. The Morgan fingerprint density at radius 1 is 1.25 bits per heavy atom. The summed E-state index contributed by atoms with van der Waals surface area (Å²) in [4.78, 5) is 14.1. The highest BCUT2D eigenvalue weighted by Gasteiger charge is 2.39. The van der Waals surface area contributed by atoms with E-state index < -0.39 is 25.8 Å². The highest BCUT2D eigenvalue weighted by atomic mass is 32.2. The summed E-state index contributed by atoms with van der Waals surface area (Å²) in [6.45, 7) is 7.79. The van der Waals surface area contributed by atoms with Crippen molar-refractivity contribution in [3.05, 3.63) is 5.53 Å². The minimum absolute atomic E-state index is 0.269. The van der Waals surface area contributed by atoms with Gasteiger partial charge in [-0.1, -0.05) is 13.8 Å². The molecule has 0 amide bonds. The molecule has 0 saturated carbocycles. The van der Waals surface area contributed by atoms with Gasteiger partial charge in [-0.2, -0.15) is 4.79 Å². The molecule has 0 aromatic rings. The molecular weight excluding hydrogens is 228 g/mol. The van der Waals surface area contributed by atoms with Crippen molar-refractivity contribution in [1.82, 2.24) is 0 Å². The lowest BCUT2D eigenvalue weighted by atomic mass is 9.91. The highest BCUT2D eigenvalue weighted by Crippen LogP contribution is 2.25. The summed E-state index contributed by atoms with van der Waals surface area (Å²) in [6, 6.07) is 0. The van der Waals surface area contributed by atoms with Crippen molar-refractivity contribution in [2.24, 2.45) is 5.41 Å². The minimum atomic E-state index is -3.38. The van der Waals surface area contributed by atoms with Gasteiger partial charge in [0, 0.05) is 5.41 Å². The lowest BCUT2D eigenvalue weighted by Crippen LogP contribution is -2.40. The SMILES string of the molecule is CC(C)(CS(=O)(=O)C(C)(C)C)C(=O)C=[N+]=[N-]. The fourth-order valence-corrected chi connectivity index (χ4v) is 2.52. The van der Waals surface area contributed by atoms with Crippen molar-refractivity contribution < 1.29 is 18.0 Å². The zero-order valence-corrected chi connectivity index (χ0v) is 11.1. The van der Waals surface area contributed by atoms with E-state index in [1.165, 1.54) is 13.8 Å². The number of carbonyl (C=O) groups excluding carboxylic acids is 1. The first-order valence-corrected chi connectivity index (χ1v) is 6.53. The number of nitrogens with zero attached hydrogens (tertiary/aromatic N) is 2. The molecule has 0 aliphatic heterocycles. The largest absolute Gasteiger partial charge is 0.361 e. The predicted octanol–water partition coefficient (Wildman–Crippen LogP) is 1.10. The lowest BCUT2D eigenvalue weighted by Gasteiger charge is -2.25. The van der Waals surface area contributed by atoms with Crippen molar-refractivity contribution in [1.29, 1.82) is 0 Å². The van der Waals surface area contributed by atoms with Gasteiger partial charge in [0.25, 0.3) is 0 Å². The van der Waals surface area contributed by atoms with Crippen LogP contribution in [0, 0.1) is 5.41 Å². The zero-order valence-electron chi connectivity index (χ0n) is 10.3. The first-order valence-electron chi connectivity index (χ1n) is 4.88. The fourth-order valence-electron chi connectivity index (χ4n) is 0.990. The zero-order chi connectivity index (χ0) is 13.2. The highest BCUT2D eigenvalue weighted by molar-refractivity contribution is 7.92. The Morgan fingerprint density at radius 2 is 1.69 bits per heavy atom. The van der Waals surface area contributed by atoms with Crippen molar-refractivity contribution in [2.45, 2.75) is 39.4 Å². The van der Waals surface area contributed by atoms with Crippen LogP contribution in [0.3, 0.4) is 0 Å². The average Bonchev–Trinajstić information content (AvgIpc) is 2.00. The van der Waals surface area contributed by atoms with E-state index in [2.05, 4.69) is 4.79 Å². The molecule has 92 valence electrons. The van der Waals surface area contributed by atoms with Gasteiger partial charge in [0.1, 0.15) is 0 Å². The van der Waals surface area contributed by atoms with E-state index in [1.807, 2.05) is 0 Å². The molecule has 0 fully saturated rings. The predicted molar refractivity (Wildman–Crippen MR) is 62.0 cm³/mol. The second-order valence-corrected chi connectivity index (χ2v) is 8.11. The topological polar surface area (TPSA) is 87.6 Å². The maximum absolute atomic E-state index is 11.9. The summed E-state index contributed by atoms with van der Waals surface area (Å²) in [5, 5.41) is 0. The molecule has 0 heterocycles. The Kier molecular flexibility index (Phi) is 4.19. The molecule has 0 radical (unpaired) electrons. The van der Waals surface area contributed by atoms with Crippen LogP contribution in [0.4, 0.5) is 0 Å². The van der Waals surface area contributed by atoms with Gasteiger partial charge in [-0.3, -0.25) is 4.79 Å². The molecule has 5 nitrogen and oxygen atoms in total. The van der Waals surface area contributed by atoms with Crippen LogP contribution in [0.25, 0.3) is 5.53 Å². The van der Waals surface area contributed by atoms with Gasteiger partial charge in [0.2, 0.25) is 5.78 Å². The van der Waals surface area contributed by atoms with Crippen LogP contribution in [0.2, 0.25) is 0 Å².